The maximum atomic E-state index is 3.97. The first kappa shape index (κ1) is 6.04. The van der Waals surface area contributed by atoms with Crippen LogP contribution in [0, 0.1) is 0 Å². The number of nitrogens with zero attached hydrogens (tertiary/aromatic N) is 1. The van der Waals surface area contributed by atoms with Gasteiger partial charge in [-0.25, -0.2) is 0 Å². The Labute approximate surface area is 63.7 Å². The molecular formula is C7H8N2S. The van der Waals surface area contributed by atoms with Gasteiger partial charge in [0.15, 0.2) is 0 Å². The van der Waals surface area contributed by atoms with Crippen molar-refractivity contribution in [3.05, 3.63) is 23.2 Å². The Kier molecular flexibility index (Phi) is 1.31. The van der Waals surface area contributed by atoms with E-state index in [0.717, 1.165) is 0 Å². The molecule has 0 aromatic carbocycles. The molecule has 1 aliphatic heterocycles. The lowest BCUT2D eigenvalue weighted by molar-refractivity contribution is 0.912. The van der Waals surface area contributed by atoms with Gasteiger partial charge in [-0.3, -0.25) is 5.10 Å². The molecule has 1 aromatic rings. The van der Waals surface area contributed by atoms with Gasteiger partial charge in [0.25, 0.3) is 0 Å². The summed E-state index contributed by atoms with van der Waals surface area (Å²) in [5.41, 5.74) is 1.31. The summed E-state index contributed by atoms with van der Waals surface area (Å²) >= 11 is 1.70. The molecule has 1 unspecified atom stereocenters. The van der Waals surface area contributed by atoms with E-state index in [-0.39, 0.29) is 0 Å². The summed E-state index contributed by atoms with van der Waals surface area (Å²) in [6.07, 6.45) is 4.08. The normalized spacial score (nSPS) is 22.7. The van der Waals surface area contributed by atoms with Crippen LogP contribution in [-0.2, 0) is 0 Å². The Hall–Kier alpha value is -0.700. The van der Waals surface area contributed by atoms with Crippen molar-refractivity contribution in [3.8, 4) is 0 Å². The molecule has 1 atom stereocenters. The van der Waals surface area contributed by atoms with Gasteiger partial charge in [-0.05, 0) is 5.41 Å². The van der Waals surface area contributed by atoms with Gasteiger partial charge >= 0.3 is 0 Å². The van der Waals surface area contributed by atoms with Crippen molar-refractivity contribution >= 4 is 11.8 Å². The van der Waals surface area contributed by atoms with E-state index in [0.29, 0.717) is 5.92 Å². The highest BCUT2D eigenvalue weighted by Gasteiger charge is 2.13. The van der Waals surface area contributed by atoms with Gasteiger partial charge in [-0.15, -0.1) is 0 Å². The lowest BCUT2D eigenvalue weighted by atomic mass is 10.1. The summed E-state index contributed by atoms with van der Waals surface area (Å²) in [6.45, 7) is 2.17. The first-order valence-electron chi connectivity index (χ1n) is 3.24. The van der Waals surface area contributed by atoms with Crippen molar-refractivity contribution < 1.29 is 0 Å². The molecule has 52 valence electrons. The van der Waals surface area contributed by atoms with Gasteiger partial charge in [0, 0.05) is 11.5 Å². The highest BCUT2D eigenvalue weighted by molar-refractivity contribution is 8.02. The van der Waals surface area contributed by atoms with Gasteiger partial charge in [-0.1, -0.05) is 24.8 Å². The molecule has 2 rings (SSSR count). The Morgan fingerprint density at radius 2 is 2.60 bits per heavy atom. The summed E-state index contributed by atoms with van der Waals surface area (Å²) in [4.78, 5) is 0. The van der Waals surface area contributed by atoms with E-state index < -0.39 is 0 Å². The van der Waals surface area contributed by atoms with E-state index in [1.165, 1.54) is 10.6 Å². The highest BCUT2D eigenvalue weighted by Crippen LogP contribution is 2.32. The second-order valence-corrected chi connectivity index (χ2v) is 3.31. The molecule has 0 fully saturated rings. The van der Waals surface area contributed by atoms with E-state index in [4.69, 9.17) is 0 Å². The standard InChI is InChI=1S/C7H8N2S/c1-5-2-3-10-7-6(5)4-8-9-7/h2-5H,1H3,(H,8,9). The number of allylic oxidation sites excluding steroid dienone is 1. The molecule has 3 heteroatoms. The van der Waals surface area contributed by atoms with Crippen LogP contribution >= 0.6 is 11.8 Å². The summed E-state index contributed by atoms with van der Waals surface area (Å²) in [5.74, 6) is 0.523. The Morgan fingerprint density at radius 1 is 1.70 bits per heavy atom. The maximum Gasteiger partial charge on any atom is 0.0987 e. The molecule has 2 heterocycles. The van der Waals surface area contributed by atoms with Gasteiger partial charge in [0.05, 0.1) is 11.2 Å². The summed E-state index contributed by atoms with van der Waals surface area (Å²) in [5, 5.41) is 10.2. The fraction of sp³-hybridized carbons (Fsp3) is 0.286. The highest BCUT2D eigenvalue weighted by atomic mass is 32.2. The van der Waals surface area contributed by atoms with Crippen molar-refractivity contribution in [2.75, 3.05) is 0 Å². The van der Waals surface area contributed by atoms with Crippen molar-refractivity contribution in [1.29, 1.82) is 0 Å². The van der Waals surface area contributed by atoms with Gasteiger partial charge in [0.2, 0.25) is 0 Å². The van der Waals surface area contributed by atoms with Crippen LogP contribution in [0.4, 0.5) is 0 Å². The van der Waals surface area contributed by atoms with E-state index in [9.17, 15) is 0 Å². The van der Waals surface area contributed by atoms with E-state index in [1.54, 1.807) is 11.8 Å². The first-order valence-corrected chi connectivity index (χ1v) is 4.12. The van der Waals surface area contributed by atoms with Crippen LogP contribution in [0.3, 0.4) is 0 Å². The van der Waals surface area contributed by atoms with Crippen LogP contribution in [0.1, 0.15) is 18.4 Å². The van der Waals surface area contributed by atoms with Crippen LogP contribution in [0.25, 0.3) is 0 Å². The van der Waals surface area contributed by atoms with Gasteiger partial charge < -0.3 is 0 Å². The minimum atomic E-state index is 0.523. The zero-order chi connectivity index (χ0) is 6.97. The average Bonchev–Trinajstić information content (AvgIpc) is 2.36. The predicted octanol–water partition coefficient (Wildman–Crippen LogP) is 2.13. The second kappa shape index (κ2) is 2.16. The number of aromatic amines is 1. The number of hydrogen-bond acceptors (Lipinski definition) is 2. The molecule has 0 spiro atoms. The van der Waals surface area contributed by atoms with Gasteiger partial charge in [-0.2, -0.15) is 5.10 Å². The fourth-order valence-corrected chi connectivity index (χ4v) is 1.96. The number of aromatic nitrogens is 2. The third kappa shape index (κ3) is 0.778. The Bertz CT molecular complexity index is 264. The first-order chi connectivity index (χ1) is 4.88. The molecule has 10 heavy (non-hydrogen) atoms. The maximum absolute atomic E-state index is 3.97. The average molecular weight is 152 g/mol. The van der Waals surface area contributed by atoms with Crippen molar-refractivity contribution in [1.82, 2.24) is 10.2 Å². The predicted molar refractivity (Wildman–Crippen MR) is 42.0 cm³/mol. The van der Waals surface area contributed by atoms with Gasteiger partial charge in [0.1, 0.15) is 0 Å². The molecule has 1 N–H and O–H groups in total. The largest absolute Gasteiger partial charge is 0.271 e. The lowest BCUT2D eigenvalue weighted by Gasteiger charge is -2.09. The van der Waals surface area contributed by atoms with Crippen molar-refractivity contribution in [3.63, 3.8) is 0 Å². The van der Waals surface area contributed by atoms with Crippen LogP contribution < -0.4 is 0 Å². The minimum Gasteiger partial charge on any atom is -0.271 e. The zero-order valence-electron chi connectivity index (χ0n) is 5.66. The molecule has 1 aliphatic rings. The van der Waals surface area contributed by atoms with Crippen LogP contribution in [-0.4, -0.2) is 10.2 Å². The topological polar surface area (TPSA) is 28.7 Å². The molecule has 0 aliphatic carbocycles. The zero-order valence-corrected chi connectivity index (χ0v) is 6.48. The van der Waals surface area contributed by atoms with Crippen molar-refractivity contribution in [2.24, 2.45) is 0 Å². The number of nitrogens with one attached hydrogen (secondary N) is 1. The van der Waals surface area contributed by atoms with E-state index >= 15 is 0 Å². The van der Waals surface area contributed by atoms with Crippen molar-refractivity contribution in [2.45, 2.75) is 17.9 Å². The third-order valence-corrected chi connectivity index (χ3v) is 2.53. The van der Waals surface area contributed by atoms with E-state index in [2.05, 4.69) is 28.6 Å². The molecular weight excluding hydrogens is 144 g/mol. The molecule has 1 aromatic heterocycles. The number of H-pyrrole nitrogens is 1. The number of hydrogen-bond donors (Lipinski definition) is 1. The number of thioether (sulfide) groups is 1. The number of fused-ring (bicyclic) bond motifs is 1. The molecule has 0 saturated heterocycles. The summed E-state index contributed by atoms with van der Waals surface area (Å²) < 4.78 is 0. The second-order valence-electron chi connectivity index (χ2n) is 2.39. The SMILES string of the molecule is CC1C=CSc2[nH]ncc21. The van der Waals surface area contributed by atoms with Crippen LogP contribution in [0.15, 0.2) is 22.7 Å². The summed E-state index contributed by atoms with van der Waals surface area (Å²) in [6, 6.07) is 0. The minimum absolute atomic E-state index is 0.523. The lowest BCUT2D eigenvalue weighted by Crippen LogP contribution is -1.91. The Balaban J connectivity index is 2.48. The molecule has 2 nitrogen and oxygen atoms in total. The number of rotatable bonds is 0. The fourth-order valence-electron chi connectivity index (χ4n) is 1.03. The van der Waals surface area contributed by atoms with Crippen LogP contribution in [0.2, 0.25) is 0 Å². The Morgan fingerprint density at radius 3 is 3.40 bits per heavy atom. The summed E-state index contributed by atoms with van der Waals surface area (Å²) in [7, 11) is 0. The molecule has 0 bridgehead atoms. The van der Waals surface area contributed by atoms with Crippen LogP contribution in [0.5, 0.6) is 0 Å². The monoisotopic (exact) mass is 152 g/mol. The smallest absolute Gasteiger partial charge is 0.0987 e. The molecule has 0 saturated carbocycles. The van der Waals surface area contributed by atoms with E-state index in [1.807, 2.05) is 6.20 Å². The molecule has 0 radical (unpaired) electrons. The third-order valence-electron chi connectivity index (χ3n) is 1.68. The quantitative estimate of drug-likeness (QED) is 0.617. The molecule has 0 amide bonds.